The molecule has 0 aliphatic heterocycles. The highest BCUT2D eigenvalue weighted by molar-refractivity contribution is 5.12. The first-order chi connectivity index (χ1) is 4.83. The van der Waals surface area contributed by atoms with Gasteiger partial charge < -0.3 is 10.8 Å². The van der Waals surface area contributed by atoms with Crippen molar-refractivity contribution in [1.82, 2.24) is 15.0 Å². The van der Waals surface area contributed by atoms with Crippen LogP contribution in [0, 0.1) is 0 Å². The molecule has 0 radical (unpaired) electrons. The Balaban J connectivity index is 2.75. The highest BCUT2D eigenvalue weighted by Gasteiger charge is 1.94. The van der Waals surface area contributed by atoms with Gasteiger partial charge in [-0.25, -0.2) is 9.97 Å². The molecule has 1 rings (SSSR count). The molecule has 1 aromatic rings. The lowest BCUT2D eigenvalue weighted by atomic mass is 10.4. The van der Waals surface area contributed by atoms with Gasteiger partial charge in [0.1, 0.15) is 12.2 Å². The first kappa shape index (κ1) is 6.88. The molecule has 1 heterocycles. The quantitative estimate of drug-likeness (QED) is 0.549. The molecule has 0 spiro atoms. The number of anilines is 1. The molecule has 1 aromatic heterocycles. The molecule has 0 amide bonds. The second kappa shape index (κ2) is 3.07. The number of aliphatic hydroxyl groups is 1. The van der Waals surface area contributed by atoms with Crippen molar-refractivity contribution in [2.45, 2.75) is 6.42 Å². The molecule has 10 heavy (non-hydrogen) atoms. The monoisotopic (exact) mass is 140 g/mol. The zero-order chi connectivity index (χ0) is 7.40. The fourth-order valence-electron chi connectivity index (χ4n) is 0.565. The average Bonchev–Trinajstić information content (AvgIpc) is 1.88. The van der Waals surface area contributed by atoms with Gasteiger partial charge in [-0.1, -0.05) is 0 Å². The summed E-state index contributed by atoms with van der Waals surface area (Å²) in [6.45, 7) is 0.0312. The number of rotatable bonds is 2. The normalized spacial score (nSPS) is 9.70. The molecule has 5 nitrogen and oxygen atoms in total. The maximum atomic E-state index is 8.47. The Morgan fingerprint density at radius 1 is 1.50 bits per heavy atom. The zero-order valence-corrected chi connectivity index (χ0v) is 5.36. The van der Waals surface area contributed by atoms with Crippen LogP contribution >= 0.6 is 0 Å². The van der Waals surface area contributed by atoms with Gasteiger partial charge in [0.05, 0.1) is 6.61 Å². The molecular formula is C5H8N4O. The molecular weight excluding hydrogens is 132 g/mol. The van der Waals surface area contributed by atoms with Gasteiger partial charge in [0.25, 0.3) is 0 Å². The van der Waals surface area contributed by atoms with E-state index < -0.39 is 0 Å². The topological polar surface area (TPSA) is 84.9 Å². The summed E-state index contributed by atoms with van der Waals surface area (Å²) in [6, 6.07) is 0. The zero-order valence-electron chi connectivity index (χ0n) is 5.36. The summed E-state index contributed by atoms with van der Waals surface area (Å²) in [4.78, 5) is 11.1. The third-order valence-corrected chi connectivity index (χ3v) is 0.976. The van der Waals surface area contributed by atoms with E-state index in [-0.39, 0.29) is 12.6 Å². The third kappa shape index (κ3) is 1.63. The summed E-state index contributed by atoms with van der Waals surface area (Å²) in [7, 11) is 0. The van der Waals surface area contributed by atoms with Crippen molar-refractivity contribution in [2.24, 2.45) is 0 Å². The minimum absolute atomic E-state index is 0.0312. The van der Waals surface area contributed by atoms with Crippen molar-refractivity contribution < 1.29 is 5.11 Å². The van der Waals surface area contributed by atoms with Crippen molar-refractivity contribution in [3.63, 3.8) is 0 Å². The molecule has 0 atom stereocenters. The predicted octanol–water partition coefficient (Wildman–Crippen LogP) is -1.01. The first-order valence-electron chi connectivity index (χ1n) is 2.87. The number of nitrogen functional groups attached to an aromatic ring is 1. The Morgan fingerprint density at radius 3 is 2.90 bits per heavy atom. The first-order valence-corrected chi connectivity index (χ1v) is 2.87. The fraction of sp³-hybridized carbons (Fsp3) is 0.400. The summed E-state index contributed by atoms with van der Waals surface area (Å²) in [5.41, 5.74) is 5.25. The van der Waals surface area contributed by atoms with Gasteiger partial charge in [0, 0.05) is 6.42 Å². The second-order valence-corrected chi connectivity index (χ2v) is 1.73. The average molecular weight is 140 g/mol. The minimum Gasteiger partial charge on any atom is -0.396 e. The van der Waals surface area contributed by atoms with E-state index in [4.69, 9.17) is 10.8 Å². The van der Waals surface area contributed by atoms with Gasteiger partial charge in [-0.2, -0.15) is 4.98 Å². The van der Waals surface area contributed by atoms with Gasteiger partial charge in [-0.05, 0) is 0 Å². The van der Waals surface area contributed by atoms with E-state index in [0.29, 0.717) is 12.2 Å². The summed E-state index contributed by atoms with van der Waals surface area (Å²) in [5, 5.41) is 8.47. The van der Waals surface area contributed by atoms with Crippen molar-refractivity contribution in [3.8, 4) is 0 Å². The van der Waals surface area contributed by atoms with E-state index in [1.807, 2.05) is 0 Å². The van der Waals surface area contributed by atoms with Crippen LogP contribution in [0.2, 0.25) is 0 Å². The molecule has 0 aliphatic rings. The molecule has 0 saturated carbocycles. The van der Waals surface area contributed by atoms with Crippen LogP contribution in [-0.2, 0) is 6.42 Å². The van der Waals surface area contributed by atoms with E-state index in [1.54, 1.807) is 0 Å². The molecule has 0 aromatic carbocycles. The van der Waals surface area contributed by atoms with E-state index in [1.165, 1.54) is 6.33 Å². The van der Waals surface area contributed by atoms with Gasteiger partial charge >= 0.3 is 0 Å². The number of aliphatic hydroxyl groups excluding tert-OH is 1. The lowest BCUT2D eigenvalue weighted by Crippen LogP contribution is -2.03. The smallest absolute Gasteiger partial charge is 0.223 e. The molecule has 5 heteroatoms. The van der Waals surface area contributed by atoms with Crippen LogP contribution < -0.4 is 5.73 Å². The van der Waals surface area contributed by atoms with E-state index >= 15 is 0 Å². The summed E-state index contributed by atoms with van der Waals surface area (Å²) in [5.74, 6) is 0.716. The van der Waals surface area contributed by atoms with Crippen molar-refractivity contribution in [2.75, 3.05) is 12.3 Å². The molecule has 0 saturated heterocycles. The number of nitrogens with zero attached hydrogens (tertiary/aromatic N) is 3. The van der Waals surface area contributed by atoms with Gasteiger partial charge in [0.2, 0.25) is 5.95 Å². The molecule has 54 valence electrons. The van der Waals surface area contributed by atoms with Crippen LogP contribution in [0.25, 0.3) is 0 Å². The van der Waals surface area contributed by atoms with Crippen molar-refractivity contribution in [3.05, 3.63) is 12.2 Å². The summed E-state index contributed by atoms with van der Waals surface area (Å²) in [6.07, 6.45) is 1.75. The Hall–Kier alpha value is -1.23. The Bertz CT molecular complexity index is 215. The highest BCUT2D eigenvalue weighted by atomic mass is 16.3. The maximum Gasteiger partial charge on any atom is 0.223 e. The van der Waals surface area contributed by atoms with Crippen LogP contribution in [0.15, 0.2) is 6.33 Å². The van der Waals surface area contributed by atoms with Crippen LogP contribution in [0.4, 0.5) is 5.95 Å². The Labute approximate surface area is 58.0 Å². The third-order valence-electron chi connectivity index (χ3n) is 0.976. The summed E-state index contributed by atoms with van der Waals surface area (Å²) >= 11 is 0. The molecule has 3 N–H and O–H groups in total. The van der Waals surface area contributed by atoms with Gasteiger partial charge in [0.15, 0.2) is 0 Å². The molecule has 0 bridgehead atoms. The van der Waals surface area contributed by atoms with Crippen molar-refractivity contribution in [1.29, 1.82) is 0 Å². The predicted molar refractivity (Wildman–Crippen MR) is 35.0 cm³/mol. The van der Waals surface area contributed by atoms with Gasteiger partial charge in [-0.3, -0.25) is 0 Å². The Kier molecular flexibility index (Phi) is 2.11. The standard InChI is InChI=1S/C5H8N4O/c6-5-8-3-7-4(9-5)1-2-10/h3,10H,1-2H2,(H2,6,7,8,9). The minimum atomic E-state index is 0.0312. The van der Waals surface area contributed by atoms with E-state index in [2.05, 4.69) is 15.0 Å². The molecule has 0 aliphatic carbocycles. The fourth-order valence-corrected chi connectivity index (χ4v) is 0.565. The molecule has 0 unspecified atom stereocenters. The highest BCUT2D eigenvalue weighted by Crippen LogP contribution is 1.91. The van der Waals surface area contributed by atoms with E-state index in [0.717, 1.165) is 0 Å². The second-order valence-electron chi connectivity index (χ2n) is 1.73. The summed E-state index contributed by atoms with van der Waals surface area (Å²) < 4.78 is 0. The number of hydrogen-bond donors (Lipinski definition) is 2. The molecule has 0 fully saturated rings. The van der Waals surface area contributed by atoms with E-state index in [9.17, 15) is 0 Å². The lowest BCUT2D eigenvalue weighted by Gasteiger charge is -1.94. The van der Waals surface area contributed by atoms with Crippen LogP contribution in [0.3, 0.4) is 0 Å². The van der Waals surface area contributed by atoms with Crippen LogP contribution in [0.1, 0.15) is 5.82 Å². The SMILES string of the molecule is Nc1ncnc(CCO)n1. The largest absolute Gasteiger partial charge is 0.396 e. The van der Waals surface area contributed by atoms with Crippen LogP contribution in [0.5, 0.6) is 0 Å². The van der Waals surface area contributed by atoms with Gasteiger partial charge in [-0.15, -0.1) is 0 Å². The Morgan fingerprint density at radius 2 is 2.30 bits per heavy atom. The van der Waals surface area contributed by atoms with Crippen LogP contribution in [-0.4, -0.2) is 26.7 Å². The number of hydrogen-bond acceptors (Lipinski definition) is 5. The lowest BCUT2D eigenvalue weighted by molar-refractivity contribution is 0.296. The van der Waals surface area contributed by atoms with Crippen molar-refractivity contribution >= 4 is 5.95 Å². The number of aromatic nitrogens is 3. The maximum absolute atomic E-state index is 8.47. The number of nitrogens with two attached hydrogens (primary N) is 1.